The number of hydrogen-bond acceptors (Lipinski definition) is 1. The van der Waals surface area contributed by atoms with Gasteiger partial charge in [0.05, 0.1) is 0 Å². The summed E-state index contributed by atoms with van der Waals surface area (Å²) in [6, 6.07) is 0. The second-order valence-corrected chi connectivity index (χ2v) is 20.7. The van der Waals surface area contributed by atoms with Crippen molar-refractivity contribution in [3.63, 3.8) is 0 Å². The van der Waals surface area contributed by atoms with Crippen LogP contribution in [0.15, 0.2) is 0 Å². The molecule has 0 atom stereocenters. The molecular formula is C24H52OSn. The predicted octanol–water partition coefficient (Wildman–Crippen LogP) is 9.27. The summed E-state index contributed by atoms with van der Waals surface area (Å²) < 4.78 is 9.63. The molecule has 0 saturated carbocycles. The zero-order valence-corrected chi connectivity index (χ0v) is 21.9. The van der Waals surface area contributed by atoms with Gasteiger partial charge in [0, 0.05) is 0 Å². The summed E-state index contributed by atoms with van der Waals surface area (Å²) in [6.07, 6.45) is 24.0. The van der Waals surface area contributed by atoms with Crippen molar-refractivity contribution >= 4 is 18.8 Å². The van der Waals surface area contributed by atoms with Crippen LogP contribution >= 0.6 is 0 Å². The molecule has 158 valence electrons. The van der Waals surface area contributed by atoms with E-state index in [4.69, 9.17) is 3.07 Å². The molecule has 0 amide bonds. The second kappa shape index (κ2) is 20.5. The molecule has 0 N–H and O–H groups in total. The Morgan fingerprint density at radius 1 is 0.462 bits per heavy atom. The maximum absolute atomic E-state index is 6.68. The van der Waals surface area contributed by atoms with Gasteiger partial charge in [0.15, 0.2) is 0 Å². The van der Waals surface area contributed by atoms with E-state index in [9.17, 15) is 0 Å². The Morgan fingerprint density at radius 3 is 1.23 bits per heavy atom. The van der Waals surface area contributed by atoms with E-state index in [1.54, 1.807) is 0 Å². The molecule has 0 fully saturated rings. The summed E-state index contributed by atoms with van der Waals surface area (Å²) in [6.45, 7) is 7.98. The van der Waals surface area contributed by atoms with Gasteiger partial charge in [0.1, 0.15) is 0 Å². The predicted molar refractivity (Wildman–Crippen MR) is 123 cm³/mol. The zero-order chi connectivity index (χ0) is 19.3. The normalized spacial score (nSPS) is 12.0. The molecule has 0 aromatic carbocycles. The van der Waals surface area contributed by atoms with Crippen molar-refractivity contribution in [1.29, 1.82) is 0 Å². The van der Waals surface area contributed by atoms with Gasteiger partial charge in [-0.15, -0.1) is 0 Å². The minimum absolute atomic E-state index is 1.07. The molecule has 0 aliphatic carbocycles. The SMILES string of the molecule is CCCCCCC[CH2][Sn]([CH3])([CH2]CCCCCCC)[O]CCCCCCC. The molecule has 2 heteroatoms. The van der Waals surface area contributed by atoms with Crippen molar-refractivity contribution < 1.29 is 3.07 Å². The standard InChI is InChI=1S/2C8H17.C7H15O.CH3.Sn/c2*1-3-5-7-8-6-4-2;1-2-3-4-5-6-7-8;;/h2*1,3-8H2,2H3;2-7H2,1H3;1H3;/q;;-1;;+1. The summed E-state index contributed by atoms with van der Waals surface area (Å²) in [4.78, 5) is 2.61. The van der Waals surface area contributed by atoms with Crippen LogP contribution < -0.4 is 0 Å². The molecule has 0 aliphatic heterocycles. The van der Waals surface area contributed by atoms with Crippen molar-refractivity contribution in [3.05, 3.63) is 0 Å². The van der Waals surface area contributed by atoms with Crippen molar-refractivity contribution in [2.75, 3.05) is 6.61 Å². The first-order valence-electron chi connectivity index (χ1n) is 12.3. The molecule has 0 aromatic rings. The van der Waals surface area contributed by atoms with Gasteiger partial charge in [-0.2, -0.15) is 0 Å². The van der Waals surface area contributed by atoms with Crippen LogP contribution in [0, 0.1) is 0 Å². The van der Waals surface area contributed by atoms with Crippen LogP contribution in [0.5, 0.6) is 0 Å². The van der Waals surface area contributed by atoms with Gasteiger partial charge in [0.25, 0.3) is 0 Å². The quantitative estimate of drug-likeness (QED) is 0.119. The van der Waals surface area contributed by atoms with E-state index in [1.807, 2.05) is 0 Å². The van der Waals surface area contributed by atoms with Crippen LogP contribution in [-0.2, 0) is 3.07 Å². The maximum atomic E-state index is 6.68. The third-order valence-corrected chi connectivity index (χ3v) is 16.4. The van der Waals surface area contributed by atoms with E-state index >= 15 is 0 Å². The summed E-state index contributed by atoms with van der Waals surface area (Å²) in [5, 5.41) is 0. The summed E-state index contributed by atoms with van der Waals surface area (Å²) in [5.41, 5.74) is 0. The van der Waals surface area contributed by atoms with E-state index in [2.05, 4.69) is 25.7 Å². The fraction of sp³-hybridized carbons (Fsp3) is 1.00. The van der Waals surface area contributed by atoms with Gasteiger partial charge in [-0.1, -0.05) is 0 Å². The Labute approximate surface area is 171 Å². The van der Waals surface area contributed by atoms with E-state index in [0.717, 1.165) is 6.61 Å². The molecule has 0 bridgehead atoms. The van der Waals surface area contributed by atoms with Crippen molar-refractivity contribution in [3.8, 4) is 0 Å². The Kier molecular flexibility index (Phi) is 21.1. The van der Waals surface area contributed by atoms with Gasteiger partial charge < -0.3 is 0 Å². The molecule has 0 aliphatic rings. The molecule has 0 aromatic heterocycles. The van der Waals surface area contributed by atoms with E-state index in [-0.39, 0.29) is 0 Å². The van der Waals surface area contributed by atoms with Crippen LogP contribution in [0.2, 0.25) is 13.8 Å². The molecule has 0 saturated heterocycles. The fourth-order valence-electron chi connectivity index (χ4n) is 3.85. The first-order chi connectivity index (χ1) is 12.7. The Hall–Kier alpha value is 0.759. The molecule has 1 nitrogen and oxygen atoms in total. The molecule has 0 spiro atoms. The number of hydrogen-bond donors (Lipinski definition) is 0. The number of rotatable bonds is 21. The van der Waals surface area contributed by atoms with Gasteiger partial charge in [-0.05, 0) is 0 Å². The van der Waals surface area contributed by atoms with Crippen LogP contribution in [0.25, 0.3) is 0 Å². The average molecular weight is 475 g/mol. The summed E-state index contributed by atoms with van der Waals surface area (Å²) >= 11 is -2.27. The van der Waals surface area contributed by atoms with Gasteiger partial charge in [-0.3, -0.25) is 0 Å². The molecule has 0 heterocycles. The van der Waals surface area contributed by atoms with Crippen LogP contribution in [0.1, 0.15) is 130 Å². The molecule has 26 heavy (non-hydrogen) atoms. The first kappa shape index (κ1) is 26.8. The Morgan fingerprint density at radius 2 is 0.808 bits per heavy atom. The zero-order valence-electron chi connectivity index (χ0n) is 19.1. The van der Waals surface area contributed by atoms with E-state index in [0.29, 0.717) is 0 Å². The Balaban J connectivity index is 4.02. The second-order valence-electron chi connectivity index (χ2n) is 8.75. The molecule has 0 rings (SSSR count). The van der Waals surface area contributed by atoms with Gasteiger partial charge in [-0.25, -0.2) is 0 Å². The van der Waals surface area contributed by atoms with Crippen molar-refractivity contribution in [2.24, 2.45) is 0 Å². The van der Waals surface area contributed by atoms with Gasteiger partial charge >= 0.3 is 172 Å². The minimum atomic E-state index is -2.27. The van der Waals surface area contributed by atoms with Crippen molar-refractivity contribution in [1.82, 2.24) is 0 Å². The summed E-state index contributed by atoms with van der Waals surface area (Å²) in [7, 11) is 0. The van der Waals surface area contributed by atoms with Crippen LogP contribution in [0.3, 0.4) is 0 Å². The number of unbranched alkanes of at least 4 members (excludes halogenated alkanes) is 14. The molecule has 0 unspecified atom stereocenters. The van der Waals surface area contributed by atoms with Crippen LogP contribution in [-0.4, -0.2) is 25.4 Å². The molecular weight excluding hydrogens is 423 g/mol. The van der Waals surface area contributed by atoms with Crippen molar-refractivity contribution in [2.45, 2.75) is 144 Å². The fourth-order valence-corrected chi connectivity index (χ4v) is 12.9. The average Bonchev–Trinajstić information content (AvgIpc) is 2.64. The molecule has 0 radical (unpaired) electrons. The third kappa shape index (κ3) is 18.1. The van der Waals surface area contributed by atoms with E-state index in [1.165, 1.54) is 118 Å². The van der Waals surface area contributed by atoms with Crippen LogP contribution in [0.4, 0.5) is 0 Å². The van der Waals surface area contributed by atoms with E-state index < -0.39 is 18.8 Å². The summed E-state index contributed by atoms with van der Waals surface area (Å²) in [5.74, 6) is 0. The van der Waals surface area contributed by atoms with Gasteiger partial charge in [0.2, 0.25) is 0 Å². The Bertz CT molecular complexity index is 226. The third-order valence-electron chi connectivity index (χ3n) is 5.82. The first-order valence-corrected chi connectivity index (χ1v) is 20.4. The monoisotopic (exact) mass is 476 g/mol. The topological polar surface area (TPSA) is 9.23 Å².